The van der Waals surface area contributed by atoms with Crippen molar-refractivity contribution in [1.29, 1.82) is 0 Å². The van der Waals surface area contributed by atoms with E-state index in [1.54, 1.807) is 10.9 Å². The molecule has 0 amide bonds. The fraction of sp³-hybridized carbons (Fsp3) is 0.471. The van der Waals surface area contributed by atoms with Crippen LogP contribution in [-0.4, -0.2) is 43.9 Å². The summed E-state index contributed by atoms with van der Waals surface area (Å²) < 4.78 is 4.48. The number of thiophene rings is 1. The summed E-state index contributed by atoms with van der Waals surface area (Å²) >= 11 is 1.47. The van der Waals surface area contributed by atoms with E-state index in [2.05, 4.69) is 21.0 Å². The fourth-order valence-electron chi connectivity index (χ4n) is 3.57. The molecule has 0 aliphatic carbocycles. The van der Waals surface area contributed by atoms with Crippen LogP contribution in [0.1, 0.15) is 24.5 Å². The Hall–Kier alpha value is -1.99. The lowest BCUT2D eigenvalue weighted by Gasteiger charge is -2.32. The molecule has 1 saturated heterocycles. The Labute approximate surface area is 144 Å². The van der Waals surface area contributed by atoms with Crippen molar-refractivity contribution in [2.45, 2.75) is 25.3 Å². The standard InChI is InChI=1S/C17H21N5OS/c1-20-15(4-6-19-20)13-3-2-7-21(11-13)8-9-22-12-18-14-5-10-24-16(14)17(22)23/h4-6,10,12-13H,2-3,7-9,11H2,1H3/t13-/m0/s1. The molecule has 0 bridgehead atoms. The Morgan fingerprint density at radius 3 is 3.08 bits per heavy atom. The van der Waals surface area contributed by atoms with Gasteiger partial charge in [0.25, 0.3) is 5.56 Å². The first kappa shape index (κ1) is 15.5. The van der Waals surface area contributed by atoms with Crippen LogP contribution in [0.3, 0.4) is 0 Å². The average molecular weight is 343 g/mol. The topological polar surface area (TPSA) is 56.0 Å². The molecule has 1 aliphatic heterocycles. The van der Waals surface area contributed by atoms with Crippen molar-refractivity contribution in [3.05, 3.63) is 46.1 Å². The number of fused-ring (bicyclic) bond motifs is 1. The van der Waals surface area contributed by atoms with Gasteiger partial charge in [0.05, 0.1) is 11.8 Å². The van der Waals surface area contributed by atoms with Gasteiger partial charge in [0, 0.05) is 44.5 Å². The van der Waals surface area contributed by atoms with Gasteiger partial charge in [-0.25, -0.2) is 4.98 Å². The van der Waals surface area contributed by atoms with Gasteiger partial charge in [-0.2, -0.15) is 5.10 Å². The molecule has 126 valence electrons. The Kier molecular flexibility index (Phi) is 4.20. The number of hydrogen-bond donors (Lipinski definition) is 0. The molecule has 0 N–H and O–H groups in total. The third kappa shape index (κ3) is 2.89. The van der Waals surface area contributed by atoms with Crippen LogP contribution in [0.25, 0.3) is 10.2 Å². The molecule has 24 heavy (non-hydrogen) atoms. The number of aryl methyl sites for hydroxylation is 1. The van der Waals surface area contributed by atoms with E-state index in [0.717, 1.165) is 29.9 Å². The van der Waals surface area contributed by atoms with E-state index in [0.29, 0.717) is 12.5 Å². The Bertz CT molecular complexity index is 896. The van der Waals surface area contributed by atoms with Crippen molar-refractivity contribution >= 4 is 21.6 Å². The van der Waals surface area contributed by atoms with Crippen molar-refractivity contribution in [1.82, 2.24) is 24.2 Å². The predicted octanol–water partition coefficient (Wildman–Crippen LogP) is 2.07. The summed E-state index contributed by atoms with van der Waals surface area (Å²) in [5.41, 5.74) is 2.18. The summed E-state index contributed by atoms with van der Waals surface area (Å²) in [6, 6.07) is 4.02. The van der Waals surface area contributed by atoms with Gasteiger partial charge in [-0.1, -0.05) is 0 Å². The molecule has 1 aliphatic rings. The maximum absolute atomic E-state index is 12.5. The molecular formula is C17H21N5OS. The molecule has 1 atom stereocenters. The van der Waals surface area contributed by atoms with E-state index in [9.17, 15) is 4.79 Å². The zero-order valence-corrected chi connectivity index (χ0v) is 14.6. The molecule has 4 rings (SSSR count). The lowest BCUT2D eigenvalue weighted by molar-refractivity contribution is 0.196. The summed E-state index contributed by atoms with van der Waals surface area (Å²) in [5.74, 6) is 0.529. The highest BCUT2D eigenvalue weighted by molar-refractivity contribution is 7.17. The van der Waals surface area contributed by atoms with Crippen molar-refractivity contribution < 1.29 is 0 Å². The molecule has 0 saturated carbocycles. The molecule has 0 unspecified atom stereocenters. The van der Waals surface area contributed by atoms with Crippen LogP contribution in [-0.2, 0) is 13.6 Å². The van der Waals surface area contributed by atoms with Gasteiger partial charge in [-0.05, 0) is 36.9 Å². The van der Waals surface area contributed by atoms with Gasteiger partial charge in [-0.3, -0.25) is 14.0 Å². The largest absolute Gasteiger partial charge is 0.301 e. The van der Waals surface area contributed by atoms with Crippen LogP contribution in [0.15, 0.2) is 34.8 Å². The number of nitrogens with zero attached hydrogens (tertiary/aromatic N) is 5. The highest BCUT2D eigenvalue weighted by Crippen LogP contribution is 2.26. The van der Waals surface area contributed by atoms with E-state index in [1.165, 1.54) is 29.9 Å². The molecule has 0 radical (unpaired) electrons. The summed E-state index contributed by atoms with van der Waals surface area (Å²) in [6.45, 7) is 3.70. The van der Waals surface area contributed by atoms with Crippen LogP contribution < -0.4 is 5.56 Å². The second-order valence-electron chi connectivity index (χ2n) is 6.40. The van der Waals surface area contributed by atoms with Crippen LogP contribution in [0.5, 0.6) is 0 Å². The van der Waals surface area contributed by atoms with Crippen molar-refractivity contribution in [2.24, 2.45) is 7.05 Å². The van der Waals surface area contributed by atoms with Crippen molar-refractivity contribution in [2.75, 3.05) is 19.6 Å². The maximum atomic E-state index is 12.5. The minimum Gasteiger partial charge on any atom is -0.301 e. The van der Waals surface area contributed by atoms with Crippen LogP contribution in [0.4, 0.5) is 0 Å². The molecule has 3 aromatic heterocycles. The first-order chi connectivity index (χ1) is 11.7. The van der Waals surface area contributed by atoms with E-state index in [1.807, 2.05) is 29.4 Å². The third-order valence-electron chi connectivity index (χ3n) is 4.88. The molecule has 7 heteroatoms. The second-order valence-corrected chi connectivity index (χ2v) is 7.31. The van der Waals surface area contributed by atoms with Gasteiger partial charge < -0.3 is 4.90 Å². The number of hydrogen-bond acceptors (Lipinski definition) is 5. The molecule has 3 aromatic rings. The zero-order valence-electron chi connectivity index (χ0n) is 13.8. The van der Waals surface area contributed by atoms with E-state index < -0.39 is 0 Å². The lowest BCUT2D eigenvalue weighted by atomic mass is 9.95. The molecule has 0 spiro atoms. The average Bonchev–Trinajstić information content (AvgIpc) is 3.23. The van der Waals surface area contributed by atoms with Crippen LogP contribution in [0.2, 0.25) is 0 Å². The minimum atomic E-state index is 0.0789. The van der Waals surface area contributed by atoms with E-state index in [-0.39, 0.29) is 5.56 Å². The zero-order chi connectivity index (χ0) is 16.5. The quantitative estimate of drug-likeness (QED) is 0.728. The summed E-state index contributed by atoms with van der Waals surface area (Å²) in [7, 11) is 2.01. The highest BCUT2D eigenvalue weighted by atomic mass is 32.1. The Morgan fingerprint density at radius 1 is 1.33 bits per heavy atom. The monoisotopic (exact) mass is 343 g/mol. The smallest absolute Gasteiger partial charge is 0.271 e. The normalized spacial score (nSPS) is 19.1. The van der Waals surface area contributed by atoms with Crippen molar-refractivity contribution in [3.8, 4) is 0 Å². The first-order valence-electron chi connectivity index (χ1n) is 8.35. The number of likely N-dealkylation sites (tertiary alicyclic amines) is 1. The molecule has 0 aromatic carbocycles. The minimum absolute atomic E-state index is 0.0789. The van der Waals surface area contributed by atoms with Gasteiger partial charge in [0.2, 0.25) is 0 Å². The third-order valence-corrected chi connectivity index (χ3v) is 5.77. The van der Waals surface area contributed by atoms with E-state index >= 15 is 0 Å². The van der Waals surface area contributed by atoms with E-state index in [4.69, 9.17) is 0 Å². The van der Waals surface area contributed by atoms with Gasteiger partial charge in [0.1, 0.15) is 4.70 Å². The fourth-order valence-corrected chi connectivity index (χ4v) is 4.36. The summed E-state index contributed by atoms with van der Waals surface area (Å²) in [6.07, 6.45) is 5.95. The van der Waals surface area contributed by atoms with Crippen LogP contribution in [0, 0.1) is 0 Å². The number of aromatic nitrogens is 4. The summed E-state index contributed by atoms with van der Waals surface area (Å²) in [5, 5.41) is 6.21. The Balaban J connectivity index is 1.44. The molecular weight excluding hydrogens is 322 g/mol. The Morgan fingerprint density at radius 2 is 2.25 bits per heavy atom. The van der Waals surface area contributed by atoms with Gasteiger partial charge >= 0.3 is 0 Å². The highest BCUT2D eigenvalue weighted by Gasteiger charge is 2.23. The molecule has 1 fully saturated rings. The molecule has 6 nitrogen and oxygen atoms in total. The molecule has 4 heterocycles. The first-order valence-corrected chi connectivity index (χ1v) is 9.23. The SMILES string of the molecule is Cn1nccc1[C@H]1CCCN(CCn2cnc3ccsc3c2=O)C1. The predicted molar refractivity (Wildman–Crippen MR) is 95.5 cm³/mol. The van der Waals surface area contributed by atoms with Gasteiger partial charge in [0.15, 0.2) is 0 Å². The van der Waals surface area contributed by atoms with Crippen LogP contribution >= 0.6 is 11.3 Å². The van der Waals surface area contributed by atoms with Crippen molar-refractivity contribution in [3.63, 3.8) is 0 Å². The number of rotatable bonds is 4. The van der Waals surface area contributed by atoms with Gasteiger partial charge in [-0.15, -0.1) is 11.3 Å². The number of piperidine rings is 1. The maximum Gasteiger partial charge on any atom is 0.271 e. The lowest BCUT2D eigenvalue weighted by Crippen LogP contribution is -2.38. The summed E-state index contributed by atoms with van der Waals surface area (Å²) in [4.78, 5) is 19.3. The second kappa shape index (κ2) is 6.49.